The van der Waals surface area contributed by atoms with E-state index in [0.29, 0.717) is 19.2 Å². The molecule has 1 saturated carbocycles. The molecule has 0 bridgehead atoms. The molecule has 3 unspecified atom stereocenters. The number of ether oxygens (including phenoxy) is 1. The van der Waals surface area contributed by atoms with E-state index in [1.54, 1.807) is 7.11 Å². The largest absolute Gasteiger partial charge is 0.389 e. The maximum atomic E-state index is 9.56. The molecule has 1 rings (SSSR count). The smallest absolute Gasteiger partial charge is 0.0897 e. The molecule has 0 aliphatic heterocycles. The van der Waals surface area contributed by atoms with Crippen LogP contribution in [0, 0.1) is 5.92 Å². The third-order valence-corrected chi connectivity index (χ3v) is 3.67. The highest BCUT2D eigenvalue weighted by molar-refractivity contribution is 4.75. The van der Waals surface area contributed by atoms with Crippen LogP contribution < -0.4 is 5.32 Å². The maximum Gasteiger partial charge on any atom is 0.0897 e. The van der Waals surface area contributed by atoms with E-state index in [4.69, 9.17) is 4.74 Å². The fourth-order valence-corrected chi connectivity index (χ4v) is 2.54. The highest BCUT2D eigenvalue weighted by atomic mass is 16.5. The number of methoxy groups -OCH3 is 1. The Labute approximate surface area is 99.6 Å². The Morgan fingerprint density at radius 3 is 2.81 bits per heavy atom. The summed E-state index contributed by atoms with van der Waals surface area (Å²) < 4.78 is 4.91. The Balaban J connectivity index is 2.17. The summed E-state index contributed by atoms with van der Waals surface area (Å²) in [5, 5.41) is 13.0. The number of aliphatic hydroxyl groups is 1. The Kier molecular flexibility index (Phi) is 7.01. The number of hydrogen-bond acceptors (Lipinski definition) is 3. The SMILES string of the molecule is CCC1CCCC(NCC(O)COC)CC1. The summed E-state index contributed by atoms with van der Waals surface area (Å²) >= 11 is 0. The van der Waals surface area contributed by atoms with E-state index in [0.717, 1.165) is 5.92 Å². The predicted molar refractivity (Wildman–Crippen MR) is 66.5 cm³/mol. The summed E-state index contributed by atoms with van der Waals surface area (Å²) in [6, 6.07) is 0.600. The molecule has 3 nitrogen and oxygen atoms in total. The molecule has 1 fully saturated rings. The Morgan fingerprint density at radius 1 is 1.31 bits per heavy atom. The minimum Gasteiger partial charge on any atom is -0.389 e. The third-order valence-electron chi connectivity index (χ3n) is 3.67. The lowest BCUT2D eigenvalue weighted by Crippen LogP contribution is -2.37. The molecular weight excluding hydrogens is 202 g/mol. The van der Waals surface area contributed by atoms with Crippen LogP contribution in [0.4, 0.5) is 0 Å². The van der Waals surface area contributed by atoms with Gasteiger partial charge in [-0.05, 0) is 25.2 Å². The van der Waals surface area contributed by atoms with Gasteiger partial charge < -0.3 is 15.2 Å². The van der Waals surface area contributed by atoms with Crippen LogP contribution in [0.15, 0.2) is 0 Å². The van der Waals surface area contributed by atoms with Crippen molar-refractivity contribution < 1.29 is 9.84 Å². The highest BCUT2D eigenvalue weighted by Gasteiger charge is 2.17. The molecule has 0 aromatic heterocycles. The fraction of sp³-hybridized carbons (Fsp3) is 1.00. The van der Waals surface area contributed by atoms with Crippen molar-refractivity contribution in [2.24, 2.45) is 5.92 Å². The molecule has 0 heterocycles. The van der Waals surface area contributed by atoms with Gasteiger partial charge in [0.2, 0.25) is 0 Å². The molecule has 0 aromatic carbocycles. The van der Waals surface area contributed by atoms with Gasteiger partial charge in [0.1, 0.15) is 0 Å². The van der Waals surface area contributed by atoms with E-state index < -0.39 is 0 Å². The second kappa shape index (κ2) is 8.04. The molecule has 0 amide bonds. The van der Waals surface area contributed by atoms with Crippen LogP contribution >= 0.6 is 0 Å². The van der Waals surface area contributed by atoms with Crippen LogP contribution in [0.5, 0.6) is 0 Å². The normalized spacial score (nSPS) is 28.7. The first-order valence-corrected chi connectivity index (χ1v) is 6.66. The lowest BCUT2D eigenvalue weighted by Gasteiger charge is -2.19. The molecule has 3 heteroatoms. The van der Waals surface area contributed by atoms with Gasteiger partial charge in [-0.2, -0.15) is 0 Å². The average Bonchev–Trinajstić information content (AvgIpc) is 2.51. The van der Waals surface area contributed by atoms with Crippen molar-refractivity contribution in [2.75, 3.05) is 20.3 Å². The Morgan fingerprint density at radius 2 is 2.12 bits per heavy atom. The quantitative estimate of drug-likeness (QED) is 0.684. The molecule has 0 saturated heterocycles. The monoisotopic (exact) mass is 229 g/mol. The van der Waals surface area contributed by atoms with E-state index in [1.807, 2.05) is 0 Å². The molecule has 0 radical (unpaired) electrons. The first-order chi connectivity index (χ1) is 7.76. The Bertz CT molecular complexity index is 175. The van der Waals surface area contributed by atoms with Crippen molar-refractivity contribution in [3.8, 4) is 0 Å². The third kappa shape index (κ3) is 5.28. The van der Waals surface area contributed by atoms with Gasteiger partial charge in [0.25, 0.3) is 0 Å². The summed E-state index contributed by atoms with van der Waals surface area (Å²) in [7, 11) is 1.63. The van der Waals surface area contributed by atoms with E-state index in [-0.39, 0.29) is 6.10 Å². The van der Waals surface area contributed by atoms with Crippen LogP contribution in [-0.4, -0.2) is 37.5 Å². The van der Waals surface area contributed by atoms with Gasteiger partial charge in [-0.15, -0.1) is 0 Å². The number of rotatable bonds is 6. The van der Waals surface area contributed by atoms with Crippen LogP contribution in [0.1, 0.15) is 45.4 Å². The van der Waals surface area contributed by atoms with Gasteiger partial charge >= 0.3 is 0 Å². The van der Waals surface area contributed by atoms with Gasteiger partial charge in [-0.3, -0.25) is 0 Å². The van der Waals surface area contributed by atoms with E-state index in [1.165, 1.54) is 38.5 Å². The van der Waals surface area contributed by atoms with Crippen molar-refractivity contribution in [1.82, 2.24) is 5.32 Å². The summed E-state index contributed by atoms with van der Waals surface area (Å²) in [6.45, 7) is 3.38. The van der Waals surface area contributed by atoms with E-state index in [9.17, 15) is 5.11 Å². The van der Waals surface area contributed by atoms with E-state index >= 15 is 0 Å². The lowest BCUT2D eigenvalue weighted by atomic mass is 9.98. The first-order valence-electron chi connectivity index (χ1n) is 6.66. The molecule has 3 atom stereocenters. The highest BCUT2D eigenvalue weighted by Crippen LogP contribution is 2.25. The van der Waals surface area contributed by atoms with Gasteiger partial charge in [0.15, 0.2) is 0 Å². The molecule has 0 aromatic rings. The van der Waals surface area contributed by atoms with E-state index in [2.05, 4.69) is 12.2 Å². The second-order valence-electron chi connectivity index (χ2n) is 5.00. The minimum absolute atomic E-state index is 0.366. The first kappa shape index (κ1) is 13.9. The summed E-state index contributed by atoms with van der Waals surface area (Å²) in [6.07, 6.45) is 7.53. The molecular formula is C13H27NO2. The van der Waals surface area contributed by atoms with Crippen molar-refractivity contribution in [3.05, 3.63) is 0 Å². The molecule has 0 spiro atoms. The number of nitrogens with one attached hydrogen (secondary N) is 1. The van der Waals surface area contributed by atoms with Gasteiger partial charge in [0, 0.05) is 19.7 Å². The Hall–Kier alpha value is -0.120. The summed E-state index contributed by atoms with van der Waals surface area (Å²) in [5.74, 6) is 0.927. The number of hydrogen-bond donors (Lipinski definition) is 2. The second-order valence-corrected chi connectivity index (χ2v) is 5.00. The number of aliphatic hydroxyl groups excluding tert-OH is 1. The maximum absolute atomic E-state index is 9.56. The van der Waals surface area contributed by atoms with Crippen molar-refractivity contribution in [2.45, 2.75) is 57.6 Å². The molecule has 2 N–H and O–H groups in total. The molecule has 96 valence electrons. The topological polar surface area (TPSA) is 41.5 Å². The molecule has 1 aliphatic carbocycles. The minimum atomic E-state index is -0.366. The van der Waals surface area contributed by atoms with Crippen molar-refractivity contribution in [1.29, 1.82) is 0 Å². The fourth-order valence-electron chi connectivity index (χ4n) is 2.54. The molecule has 16 heavy (non-hydrogen) atoms. The average molecular weight is 229 g/mol. The van der Waals surface area contributed by atoms with Crippen LogP contribution in [0.3, 0.4) is 0 Å². The van der Waals surface area contributed by atoms with Crippen molar-refractivity contribution >= 4 is 0 Å². The zero-order chi connectivity index (χ0) is 11.8. The van der Waals surface area contributed by atoms with Crippen LogP contribution in [-0.2, 0) is 4.74 Å². The summed E-state index contributed by atoms with van der Waals surface area (Å²) in [4.78, 5) is 0. The van der Waals surface area contributed by atoms with Crippen LogP contribution in [0.25, 0.3) is 0 Å². The van der Waals surface area contributed by atoms with Gasteiger partial charge in [-0.25, -0.2) is 0 Å². The van der Waals surface area contributed by atoms with Gasteiger partial charge in [0.05, 0.1) is 12.7 Å². The van der Waals surface area contributed by atoms with Crippen molar-refractivity contribution in [3.63, 3.8) is 0 Å². The lowest BCUT2D eigenvalue weighted by molar-refractivity contribution is 0.0623. The standard InChI is InChI=1S/C13H27NO2/c1-3-11-5-4-6-12(8-7-11)14-9-13(15)10-16-2/h11-15H,3-10H2,1-2H3. The van der Waals surface area contributed by atoms with Crippen LogP contribution in [0.2, 0.25) is 0 Å². The zero-order valence-electron chi connectivity index (χ0n) is 10.7. The molecule has 1 aliphatic rings. The zero-order valence-corrected chi connectivity index (χ0v) is 10.7. The van der Waals surface area contributed by atoms with Gasteiger partial charge in [-0.1, -0.05) is 26.2 Å². The predicted octanol–water partition coefficient (Wildman–Crippen LogP) is 1.94. The summed E-state index contributed by atoms with van der Waals surface area (Å²) in [5.41, 5.74) is 0.